The topological polar surface area (TPSA) is 32.3 Å². The van der Waals surface area contributed by atoms with E-state index in [1.807, 2.05) is 0 Å². The molecule has 48 valence electrons. The average Bonchev–Trinajstić information content (AvgIpc) is 1.88. The van der Waals surface area contributed by atoms with Crippen molar-refractivity contribution < 1.29 is 4.79 Å². The average molecular weight is 124 g/mol. The molecule has 0 aromatic carbocycles. The van der Waals surface area contributed by atoms with E-state index in [4.69, 9.17) is 0 Å². The van der Waals surface area contributed by atoms with Gasteiger partial charge in [-0.3, -0.25) is 15.2 Å². The van der Waals surface area contributed by atoms with Crippen LogP contribution in [0.15, 0.2) is 25.1 Å². The van der Waals surface area contributed by atoms with E-state index >= 15 is 0 Å². The highest BCUT2D eigenvalue weighted by Crippen LogP contribution is 1.95. The zero-order valence-electron chi connectivity index (χ0n) is 5.00. The van der Waals surface area contributed by atoms with Gasteiger partial charge >= 0.3 is 0 Å². The van der Waals surface area contributed by atoms with Crippen molar-refractivity contribution in [3.05, 3.63) is 25.1 Å². The van der Waals surface area contributed by atoms with E-state index in [1.165, 1.54) is 11.2 Å². The van der Waals surface area contributed by atoms with Gasteiger partial charge in [-0.1, -0.05) is 12.7 Å². The molecule has 9 heavy (non-hydrogen) atoms. The first-order chi connectivity index (χ1) is 4.33. The number of rotatable bonds is 1. The fourth-order valence-corrected chi connectivity index (χ4v) is 0.607. The molecule has 0 aromatic rings. The Bertz CT molecular complexity index is 162. The fraction of sp³-hybridized carbons (Fsp3) is 0.167. The SMILES string of the molecule is C=CN1C=CCC(=O)N1. The Labute approximate surface area is 53.6 Å². The molecule has 3 nitrogen and oxygen atoms in total. The predicted octanol–water partition coefficient (Wildman–Crippen LogP) is 0.380. The quantitative estimate of drug-likeness (QED) is 0.548. The maximum absolute atomic E-state index is 10.6. The Hall–Kier alpha value is -1.25. The van der Waals surface area contributed by atoms with Crippen LogP contribution in [0.4, 0.5) is 0 Å². The van der Waals surface area contributed by atoms with Gasteiger partial charge in [-0.2, -0.15) is 0 Å². The number of hydrogen-bond donors (Lipinski definition) is 1. The van der Waals surface area contributed by atoms with Crippen LogP contribution in [0.5, 0.6) is 0 Å². The van der Waals surface area contributed by atoms with Crippen molar-refractivity contribution in [1.29, 1.82) is 0 Å². The predicted molar refractivity (Wildman–Crippen MR) is 33.9 cm³/mol. The molecule has 1 N–H and O–H groups in total. The molecule has 3 heteroatoms. The van der Waals surface area contributed by atoms with E-state index in [0.717, 1.165) is 0 Å². The summed E-state index contributed by atoms with van der Waals surface area (Å²) >= 11 is 0. The van der Waals surface area contributed by atoms with Crippen LogP contribution in [0.3, 0.4) is 0 Å². The standard InChI is InChI=1S/C6H8N2O/c1-2-8-5-3-4-6(9)7-8/h2-3,5H,1,4H2,(H,7,9). The largest absolute Gasteiger partial charge is 0.273 e. The van der Waals surface area contributed by atoms with Gasteiger partial charge in [-0.05, 0) is 0 Å². The summed E-state index contributed by atoms with van der Waals surface area (Å²) in [4.78, 5) is 10.6. The zero-order chi connectivity index (χ0) is 6.69. The molecular formula is C6H8N2O. The third-order valence-corrected chi connectivity index (χ3v) is 1.02. The molecule has 0 aromatic heterocycles. The maximum Gasteiger partial charge on any atom is 0.242 e. The van der Waals surface area contributed by atoms with Crippen LogP contribution < -0.4 is 5.43 Å². The van der Waals surface area contributed by atoms with Crippen molar-refractivity contribution in [2.24, 2.45) is 0 Å². The van der Waals surface area contributed by atoms with Crippen LogP contribution >= 0.6 is 0 Å². The minimum absolute atomic E-state index is 0.00241. The molecule has 1 aliphatic rings. The van der Waals surface area contributed by atoms with Crippen LogP contribution in [0.25, 0.3) is 0 Å². The molecule has 0 unspecified atom stereocenters. The van der Waals surface area contributed by atoms with Crippen molar-refractivity contribution in [2.75, 3.05) is 0 Å². The lowest BCUT2D eigenvalue weighted by Gasteiger charge is -2.18. The van der Waals surface area contributed by atoms with Gasteiger partial charge < -0.3 is 0 Å². The lowest BCUT2D eigenvalue weighted by Crippen LogP contribution is -2.36. The van der Waals surface area contributed by atoms with Crippen molar-refractivity contribution in [3.8, 4) is 0 Å². The Morgan fingerprint density at radius 2 is 2.67 bits per heavy atom. The van der Waals surface area contributed by atoms with Crippen LogP contribution in [0.1, 0.15) is 6.42 Å². The van der Waals surface area contributed by atoms with Crippen LogP contribution in [-0.4, -0.2) is 10.9 Å². The molecule has 0 aliphatic carbocycles. The second-order valence-electron chi connectivity index (χ2n) is 1.71. The second kappa shape index (κ2) is 2.35. The van der Waals surface area contributed by atoms with Gasteiger partial charge in [-0.15, -0.1) is 0 Å². The number of nitrogens with one attached hydrogen (secondary N) is 1. The minimum atomic E-state index is -0.00241. The lowest BCUT2D eigenvalue weighted by molar-refractivity contribution is -0.123. The molecule has 0 radical (unpaired) electrons. The summed E-state index contributed by atoms with van der Waals surface area (Å²) in [5, 5.41) is 1.52. The van der Waals surface area contributed by atoms with Crippen molar-refractivity contribution in [2.45, 2.75) is 6.42 Å². The number of nitrogens with zero attached hydrogens (tertiary/aromatic N) is 1. The van der Waals surface area contributed by atoms with Gasteiger partial charge in [0.1, 0.15) is 0 Å². The number of hydrazine groups is 1. The van der Waals surface area contributed by atoms with Crippen molar-refractivity contribution in [3.63, 3.8) is 0 Å². The molecule has 1 heterocycles. The number of amides is 1. The number of hydrogen-bond acceptors (Lipinski definition) is 2. The third kappa shape index (κ3) is 1.32. The molecular weight excluding hydrogens is 116 g/mol. The van der Waals surface area contributed by atoms with Gasteiger partial charge in [0.15, 0.2) is 0 Å². The number of carbonyl (C=O) groups excluding carboxylic acids is 1. The first-order valence-electron chi connectivity index (χ1n) is 2.70. The van der Waals surface area contributed by atoms with E-state index in [9.17, 15) is 4.79 Å². The smallest absolute Gasteiger partial charge is 0.242 e. The van der Waals surface area contributed by atoms with Gasteiger partial charge in [-0.25, -0.2) is 0 Å². The summed E-state index contributed by atoms with van der Waals surface area (Å²) in [5.41, 5.74) is 2.56. The summed E-state index contributed by atoms with van der Waals surface area (Å²) in [6, 6.07) is 0. The lowest BCUT2D eigenvalue weighted by atomic mass is 10.4. The van der Waals surface area contributed by atoms with E-state index < -0.39 is 0 Å². The highest BCUT2D eigenvalue weighted by molar-refractivity contribution is 5.77. The van der Waals surface area contributed by atoms with Gasteiger partial charge in [0, 0.05) is 18.8 Å². The van der Waals surface area contributed by atoms with Crippen molar-refractivity contribution in [1.82, 2.24) is 10.4 Å². The first kappa shape index (κ1) is 5.88. The molecule has 0 atom stereocenters. The molecule has 0 saturated carbocycles. The Morgan fingerprint density at radius 1 is 1.89 bits per heavy atom. The molecule has 0 bridgehead atoms. The fourth-order valence-electron chi connectivity index (χ4n) is 0.607. The molecule has 1 aliphatic heterocycles. The minimum Gasteiger partial charge on any atom is -0.273 e. The molecule has 0 fully saturated rings. The van der Waals surface area contributed by atoms with E-state index in [-0.39, 0.29) is 5.91 Å². The van der Waals surface area contributed by atoms with E-state index in [1.54, 1.807) is 12.3 Å². The van der Waals surface area contributed by atoms with Gasteiger partial charge in [0.25, 0.3) is 0 Å². The summed E-state index contributed by atoms with van der Waals surface area (Å²) in [6.07, 6.45) is 5.53. The van der Waals surface area contributed by atoms with Gasteiger partial charge in [0.05, 0.1) is 0 Å². The van der Waals surface area contributed by atoms with Gasteiger partial charge in [0.2, 0.25) is 5.91 Å². The van der Waals surface area contributed by atoms with E-state index in [0.29, 0.717) is 6.42 Å². The summed E-state index contributed by atoms with van der Waals surface area (Å²) in [5.74, 6) is -0.00241. The highest BCUT2D eigenvalue weighted by Gasteiger charge is 2.04. The molecule has 0 saturated heterocycles. The Balaban J connectivity index is 2.58. The Kier molecular flexibility index (Phi) is 1.53. The second-order valence-corrected chi connectivity index (χ2v) is 1.71. The van der Waals surface area contributed by atoms with Crippen LogP contribution in [0.2, 0.25) is 0 Å². The molecule has 1 rings (SSSR count). The number of carbonyl (C=O) groups is 1. The summed E-state index contributed by atoms with van der Waals surface area (Å²) < 4.78 is 0. The summed E-state index contributed by atoms with van der Waals surface area (Å²) in [6.45, 7) is 3.48. The van der Waals surface area contributed by atoms with Crippen LogP contribution in [-0.2, 0) is 4.79 Å². The molecule has 1 amide bonds. The van der Waals surface area contributed by atoms with Crippen molar-refractivity contribution >= 4 is 5.91 Å². The Morgan fingerprint density at radius 3 is 3.11 bits per heavy atom. The molecule has 0 spiro atoms. The monoisotopic (exact) mass is 124 g/mol. The summed E-state index contributed by atoms with van der Waals surface area (Å²) in [7, 11) is 0. The maximum atomic E-state index is 10.6. The van der Waals surface area contributed by atoms with E-state index in [2.05, 4.69) is 12.0 Å². The zero-order valence-corrected chi connectivity index (χ0v) is 5.00. The third-order valence-electron chi connectivity index (χ3n) is 1.02. The normalized spacial score (nSPS) is 17.3. The first-order valence-corrected chi connectivity index (χ1v) is 2.70. The highest BCUT2D eigenvalue weighted by atomic mass is 16.2. The van der Waals surface area contributed by atoms with Crippen LogP contribution in [0, 0.1) is 0 Å².